The minimum atomic E-state index is -1.11. The molecule has 39 heavy (non-hydrogen) atoms. The van der Waals surface area contributed by atoms with Crippen molar-refractivity contribution in [3.8, 4) is 5.75 Å². The SMILES string of the molecule is O=C(NCCO)C1=C[C@H](Oc2ccccc2I)[C@@H](O)[C@H](N(Cc2ccc(F)cc2)C(=O)CCC2CCCC2)C1. The van der Waals surface area contributed by atoms with Crippen LogP contribution in [0.2, 0.25) is 0 Å². The molecule has 0 aromatic heterocycles. The van der Waals surface area contributed by atoms with Gasteiger partial charge in [-0.25, -0.2) is 4.39 Å². The molecular weight excluding hydrogens is 614 g/mol. The van der Waals surface area contributed by atoms with Crippen molar-refractivity contribution in [1.29, 1.82) is 0 Å². The number of halogens is 2. The van der Waals surface area contributed by atoms with Gasteiger partial charge in [-0.1, -0.05) is 49.9 Å². The van der Waals surface area contributed by atoms with Crippen LogP contribution >= 0.6 is 22.6 Å². The summed E-state index contributed by atoms with van der Waals surface area (Å²) in [7, 11) is 0. The highest BCUT2D eigenvalue weighted by molar-refractivity contribution is 14.1. The Morgan fingerprint density at radius 3 is 2.51 bits per heavy atom. The number of para-hydroxylation sites is 1. The summed E-state index contributed by atoms with van der Waals surface area (Å²) in [6.45, 7) is 0.0569. The lowest BCUT2D eigenvalue weighted by atomic mass is 9.87. The van der Waals surface area contributed by atoms with Crippen molar-refractivity contribution in [1.82, 2.24) is 10.2 Å². The smallest absolute Gasteiger partial charge is 0.247 e. The van der Waals surface area contributed by atoms with Gasteiger partial charge in [0.15, 0.2) is 0 Å². The van der Waals surface area contributed by atoms with Crippen molar-refractivity contribution in [2.45, 2.75) is 69.7 Å². The van der Waals surface area contributed by atoms with Gasteiger partial charge in [0, 0.05) is 31.5 Å². The van der Waals surface area contributed by atoms with Crippen LogP contribution in [0.15, 0.2) is 60.2 Å². The average Bonchev–Trinajstić information content (AvgIpc) is 3.46. The summed E-state index contributed by atoms with van der Waals surface area (Å²) in [5.41, 5.74) is 1.11. The lowest BCUT2D eigenvalue weighted by molar-refractivity contribution is -0.139. The zero-order valence-electron chi connectivity index (χ0n) is 21.9. The number of nitrogens with one attached hydrogen (secondary N) is 1. The second kappa shape index (κ2) is 14.2. The van der Waals surface area contributed by atoms with E-state index in [0.29, 0.717) is 23.7 Å². The molecule has 0 bridgehead atoms. The van der Waals surface area contributed by atoms with E-state index in [4.69, 9.17) is 4.74 Å². The van der Waals surface area contributed by atoms with Gasteiger partial charge in [0.1, 0.15) is 23.8 Å². The summed E-state index contributed by atoms with van der Waals surface area (Å²) in [6.07, 6.45) is 5.50. The highest BCUT2D eigenvalue weighted by Crippen LogP contribution is 2.32. The van der Waals surface area contributed by atoms with E-state index >= 15 is 0 Å². The molecule has 210 valence electrons. The Morgan fingerprint density at radius 1 is 1.10 bits per heavy atom. The monoisotopic (exact) mass is 650 g/mol. The Hall–Kier alpha value is -2.50. The minimum absolute atomic E-state index is 0.0884. The molecule has 2 aromatic rings. The predicted octanol–water partition coefficient (Wildman–Crippen LogP) is 4.35. The third-order valence-electron chi connectivity index (χ3n) is 7.54. The summed E-state index contributed by atoms with van der Waals surface area (Å²) < 4.78 is 20.7. The Labute approximate surface area is 242 Å². The average molecular weight is 651 g/mol. The first-order valence-corrected chi connectivity index (χ1v) is 14.7. The quantitative estimate of drug-likeness (QED) is 0.315. The zero-order valence-corrected chi connectivity index (χ0v) is 24.1. The van der Waals surface area contributed by atoms with Gasteiger partial charge < -0.3 is 25.2 Å². The van der Waals surface area contributed by atoms with Crippen molar-refractivity contribution in [3.05, 3.63) is 75.1 Å². The van der Waals surface area contributed by atoms with Crippen LogP contribution in [0.4, 0.5) is 4.39 Å². The van der Waals surface area contributed by atoms with Gasteiger partial charge in [0.05, 0.1) is 16.2 Å². The Bertz CT molecular complexity index is 1150. The molecule has 7 nitrogen and oxygen atoms in total. The van der Waals surface area contributed by atoms with Crippen LogP contribution in [0.1, 0.15) is 50.5 Å². The van der Waals surface area contributed by atoms with E-state index in [9.17, 15) is 24.2 Å². The number of rotatable bonds is 11. The molecule has 2 aromatic carbocycles. The summed E-state index contributed by atoms with van der Waals surface area (Å²) in [4.78, 5) is 28.3. The summed E-state index contributed by atoms with van der Waals surface area (Å²) in [5, 5.41) is 23.5. The molecule has 0 spiro atoms. The van der Waals surface area contributed by atoms with E-state index in [1.807, 2.05) is 18.2 Å². The predicted molar refractivity (Wildman–Crippen MR) is 154 cm³/mol. The highest BCUT2D eigenvalue weighted by atomic mass is 127. The third-order valence-corrected chi connectivity index (χ3v) is 8.43. The van der Waals surface area contributed by atoms with Crippen molar-refractivity contribution >= 4 is 34.4 Å². The fourth-order valence-electron chi connectivity index (χ4n) is 5.41. The van der Waals surface area contributed by atoms with Crippen LogP contribution in [-0.4, -0.2) is 58.3 Å². The number of carbonyl (C=O) groups excluding carboxylic acids is 2. The van der Waals surface area contributed by atoms with E-state index in [0.717, 1.165) is 28.4 Å². The molecule has 0 unspecified atom stereocenters. The topological polar surface area (TPSA) is 99.1 Å². The van der Waals surface area contributed by atoms with Gasteiger partial charge in [-0.05, 0) is 70.8 Å². The van der Waals surface area contributed by atoms with Crippen LogP contribution in [-0.2, 0) is 16.1 Å². The number of aliphatic hydroxyl groups excluding tert-OH is 2. The number of aliphatic hydroxyl groups is 2. The number of nitrogens with zero attached hydrogens (tertiary/aromatic N) is 1. The number of hydrogen-bond acceptors (Lipinski definition) is 5. The van der Waals surface area contributed by atoms with Crippen molar-refractivity contribution in [3.63, 3.8) is 0 Å². The summed E-state index contributed by atoms with van der Waals surface area (Å²) in [6, 6.07) is 12.6. The largest absolute Gasteiger partial charge is 0.482 e. The summed E-state index contributed by atoms with van der Waals surface area (Å²) in [5.74, 6) is 0.228. The first kappa shape index (κ1) is 29.5. The lowest BCUT2D eigenvalue weighted by Gasteiger charge is -2.41. The lowest BCUT2D eigenvalue weighted by Crippen LogP contribution is -2.54. The molecule has 3 N–H and O–H groups in total. The van der Waals surface area contributed by atoms with E-state index in [-0.39, 0.29) is 43.7 Å². The van der Waals surface area contributed by atoms with Gasteiger partial charge in [-0.2, -0.15) is 0 Å². The van der Waals surface area contributed by atoms with Crippen LogP contribution < -0.4 is 10.1 Å². The fourth-order valence-corrected chi connectivity index (χ4v) is 5.93. The van der Waals surface area contributed by atoms with Crippen LogP contribution in [0.3, 0.4) is 0 Å². The molecule has 3 atom stereocenters. The first-order valence-electron chi connectivity index (χ1n) is 13.6. The number of amides is 2. The molecule has 2 aliphatic carbocycles. The molecular formula is C30H36FIN2O5. The highest BCUT2D eigenvalue weighted by Gasteiger charge is 2.40. The van der Waals surface area contributed by atoms with Gasteiger partial charge in [-0.15, -0.1) is 0 Å². The first-order chi connectivity index (χ1) is 18.9. The number of carbonyl (C=O) groups is 2. The Kier molecular flexibility index (Phi) is 10.8. The molecule has 4 rings (SSSR count). The molecule has 9 heteroatoms. The molecule has 0 heterocycles. The zero-order chi connectivity index (χ0) is 27.8. The Morgan fingerprint density at radius 2 is 1.82 bits per heavy atom. The molecule has 2 amide bonds. The standard InChI is InChI=1S/C30H36FIN2O5/c31-23-12-9-21(10-13-23)19-34(28(36)14-11-20-5-1-2-6-20)25-17-22(30(38)33-15-16-35)18-27(29(25)37)39-26-8-4-3-7-24(26)32/h3-4,7-10,12-13,18,20,25,27,29,35,37H,1-2,5-6,11,14-17,19H2,(H,33,38)/t25-,27+,29+/m1/s1. The van der Waals surface area contributed by atoms with Crippen molar-refractivity contribution in [2.75, 3.05) is 13.2 Å². The Balaban J connectivity index is 1.63. The van der Waals surface area contributed by atoms with Gasteiger partial charge in [0.2, 0.25) is 11.8 Å². The van der Waals surface area contributed by atoms with Crippen molar-refractivity contribution in [2.24, 2.45) is 5.92 Å². The van der Waals surface area contributed by atoms with Gasteiger partial charge >= 0.3 is 0 Å². The number of benzene rings is 2. The molecule has 1 saturated carbocycles. The molecule has 0 radical (unpaired) electrons. The van der Waals surface area contributed by atoms with E-state index in [1.54, 1.807) is 29.2 Å². The van der Waals surface area contributed by atoms with Crippen LogP contribution in [0, 0.1) is 15.3 Å². The maximum Gasteiger partial charge on any atom is 0.247 e. The molecule has 1 fully saturated rings. The minimum Gasteiger partial charge on any atom is -0.482 e. The molecule has 0 aliphatic heterocycles. The second-order valence-electron chi connectivity index (χ2n) is 10.3. The second-order valence-corrected chi connectivity index (χ2v) is 11.4. The van der Waals surface area contributed by atoms with Gasteiger partial charge in [-0.3, -0.25) is 9.59 Å². The fraction of sp³-hybridized carbons (Fsp3) is 0.467. The number of hydrogen-bond donors (Lipinski definition) is 3. The molecule has 2 aliphatic rings. The van der Waals surface area contributed by atoms with E-state index in [2.05, 4.69) is 27.9 Å². The number of ether oxygens (including phenoxy) is 1. The summed E-state index contributed by atoms with van der Waals surface area (Å²) >= 11 is 2.15. The molecule has 0 saturated heterocycles. The van der Waals surface area contributed by atoms with Crippen LogP contribution in [0.5, 0.6) is 5.75 Å². The normalized spacial score (nSPS) is 21.3. The van der Waals surface area contributed by atoms with Crippen LogP contribution in [0.25, 0.3) is 0 Å². The maximum absolute atomic E-state index is 13.7. The third kappa shape index (κ3) is 8.02. The van der Waals surface area contributed by atoms with Gasteiger partial charge in [0.25, 0.3) is 0 Å². The van der Waals surface area contributed by atoms with E-state index < -0.39 is 18.2 Å². The van der Waals surface area contributed by atoms with Crippen molar-refractivity contribution < 1.29 is 28.9 Å². The van der Waals surface area contributed by atoms with E-state index in [1.165, 1.54) is 25.0 Å². The maximum atomic E-state index is 13.7.